The Morgan fingerprint density at radius 2 is 1.81 bits per heavy atom. The van der Waals surface area contributed by atoms with Gasteiger partial charge in [-0.2, -0.15) is 0 Å². The number of amides is 2. The Bertz CT molecular complexity index is 622. The van der Waals surface area contributed by atoms with E-state index in [1.165, 1.54) is 0 Å². The van der Waals surface area contributed by atoms with Crippen LogP contribution in [0.25, 0.3) is 0 Å². The van der Waals surface area contributed by atoms with Crippen molar-refractivity contribution < 1.29 is 9.59 Å². The molecule has 1 aliphatic rings. The van der Waals surface area contributed by atoms with Crippen LogP contribution in [0.5, 0.6) is 0 Å². The number of nitrogens with one attached hydrogen (secondary N) is 2. The summed E-state index contributed by atoms with van der Waals surface area (Å²) in [4.78, 5) is 27.0. The maximum atomic E-state index is 12.6. The van der Waals surface area contributed by atoms with Gasteiger partial charge in [0, 0.05) is 37.3 Å². The topological polar surface area (TPSA) is 61.4 Å². The highest BCUT2D eigenvalue weighted by Gasteiger charge is 2.24. The third-order valence-corrected chi connectivity index (χ3v) is 5.40. The molecule has 1 atom stereocenters. The molecule has 150 valence electrons. The highest BCUT2D eigenvalue weighted by Crippen LogP contribution is 2.24. The van der Waals surface area contributed by atoms with Crippen LogP contribution < -0.4 is 15.5 Å². The minimum atomic E-state index is -0.00144. The molecule has 0 radical (unpaired) electrons. The van der Waals surface area contributed by atoms with Crippen LogP contribution in [-0.2, 0) is 4.79 Å². The van der Waals surface area contributed by atoms with Crippen molar-refractivity contribution in [2.75, 3.05) is 24.5 Å². The Hall–Kier alpha value is -2.04. The van der Waals surface area contributed by atoms with Gasteiger partial charge in [0.25, 0.3) is 5.91 Å². The summed E-state index contributed by atoms with van der Waals surface area (Å²) in [5.41, 5.74) is 1.73. The van der Waals surface area contributed by atoms with Gasteiger partial charge in [0.2, 0.25) is 5.91 Å². The van der Waals surface area contributed by atoms with Crippen molar-refractivity contribution in [2.45, 2.75) is 59.4 Å². The van der Waals surface area contributed by atoms with Crippen LogP contribution in [0.15, 0.2) is 24.3 Å². The zero-order chi connectivity index (χ0) is 19.8. The molecular weight excluding hydrogens is 338 g/mol. The van der Waals surface area contributed by atoms with E-state index in [0.717, 1.165) is 50.0 Å². The van der Waals surface area contributed by atoms with Crippen LogP contribution in [0.3, 0.4) is 0 Å². The summed E-state index contributed by atoms with van der Waals surface area (Å²) < 4.78 is 0. The van der Waals surface area contributed by atoms with Gasteiger partial charge < -0.3 is 15.5 Å². The molecule has 0 spiro atoms. The van der Waals surface area contributed by atoms with Crippen LogP contribution in [0.2, 0.25) is 0 Å². The van der Waals surface area contributed by atoms with Gasteiger partial charge in [-0.15, -0.1) is 0 Å². The number of hydrogen-bond donors (Lipinski definition) is 2. The number of piperidine rings is 1. The van der Waals surface area contributed by atoms with E-state index in [2.05, 4.69) is 29.4 Å². The summed E-state index contributed by atoms with van der Waals surface area (Å²) in [6.45, 7) is 10.7. The predicted octanol–water partition coefficient (Wildman–Crippen LogP) is 3.59. The second kappa shape index (κ2) is 10.3. The molecule has 1 aromatic carbocycles. The maximum Gasteiger partial charge on any atom is 0.253 e. The first-order chi connectivity index (χ1) is 12.9. The lowest BCUT2D eigenvalue weighted by Crippen LogP contribution is -2.46. The van der Waals surface area contributed by atoms with E-state index in [1.807, 2.05) is 38.1 Å². The Kier molecular flexibility index (Phi) is 8.14. The summed E-state index contributed by atoms with van der Waals surface area (Å²) in [6.07, 6.45) is 3.66. The molecule has 0 aromatic heterocycles. The lowest BCUT2D eigenvalue weighted by Gasteiger charge is -2.35. The van der Waals surface area contributed by atoms with Crippen molar-refractivity contribution in [3.63, 3.8) is 0 Å². The first kappa shape index (κ1) is 21.3. The lowest BCUT2D eigenvalue weighted by molar-refractivity contribution is -0.125. The van der Waals surface area contributed by atoms with Gasteiger partial charge in [0.1, 0.15) is 0 Å². The molecule has 2 N–H and O–H groups in total. The molecule has 0 saturated carbocycles. The summed E-state index contributed by atoms with van der Waals surface area (Å²) in [6, 6.07) is 8.05. The quantitative estimate of drug-likeness (QED) is 0.732. The number of carbonyl (C=O) groups is 2. The van der Waals surface area contributed by atoms with Crippen molar-refractivity contribution in [1.29, 1.82) is 0 Å². The zero-order valence-corrected chi connectivity index (χ0v) is 17.3. The van der Waals surface area contributed by atoms with Crippen LogP contribution >= 0.6 is 0 Å². The van der Waals surface area contributed by atoms with Crippen LogP contribution in [-0.4, -0.2) is 37.5 Å². The van der Waals surface area contributed by atoms with E-state index >= 15 is 0 Å². The van der Waals surface area contributed by atoms with E-state index in [-0.39, 0.29) is 23.8 Å². The second-order valence-corrected chi connectivity index (χ2v) is 8.03. The minimum Gasteiger partial charge on any atom is -0.371 e. The lowest BCUT2D eigenvalue weighted by atomic mass is 10.0. The summed E-state index contributed by atoms with van der Waals surface area (Å²) in [7, 11) is 0. The van der Waals surface area contributed by atoms with Gasteiger partial charge in [-0.25, -0.2) is 0 Å². The summed E-state index contributed by atoms with van der Waals surface area (Å²) in [5.74, 6) is 0.794. The summed E-state index contributed by atoms with van der Waals surface area (Å²) in [5, 5.41) is 6.21. The van der Waals surface area contributed by atoms with Crippen molar-refractivity contribution >= 4 is 17.5 Å². The predicted molar refractivity (Wildman–Crippen MR) is 111 cm³/mol. The number of carbonyl (C=O) groups excluding carboxylic acids is 2. The van der Waals surface area contributed by atoms with Gasteiger partial charge >= 0.3 is 0 Å². The van der Waals surface area contributed by atoms with Gasteiger partial charge in [-0.1, -0.05) is 39.8 Å². The van der Waals surface area contributed by atoms with Gasteiger partial charge in [0.05, 0.1) is 5.56 Å². The summed E-state index contributed by atoms with van der Waals surface area (Å²) >= 11 is 0. The Balaban J connectivity index is 1.94. The SMILES string of the molecule is CC[C@H](C)C(=O)NC1CCN(c2ccccc2C(=O)NCCC(C)C)CC1. The molecule has 2 amide bonds. The fourth-order valence-corrected chi connectivity index (χ4v) is 3.30. The molecule has 1 fully saturated rings. The molecule has 2 rings (SSSR count). The maximum absolute atomic E-state index is 12.6. The number of hydrogen-bond acceptors (Lipinski definition) is 3. The molecule has 0 unspecified atom stereocenters. The molecule has 27 heavy (non-hydrogen) atoms. The molecule has 0 bridgehead atoms. The minimum absolute atomic E-state index is 0.00144. The Morgan fingerprint density at radius 3 is 2.44 bits per heavy atom. The number of benzene rings is 1. The zero-order valence-electron chi connectivity index (χ0n) is 17.3. The highest BCUT2D eigenvalue weighted by atomic mass is 16.2. The molecule has 5 heteroatoms. The van der Waals surface area contributed by atoms with Crippen LogP contribution in [0.1, 0.15) is 63.7 Å². The van der Waals surface area contributed by atoms with E-state index < -0.39 is 0 Å². The number of nitrogens with zero attached hydrogens (tertiary/aromatic N) is 1. The van der Waals surface area contributed by atoms with E-state index in [9.17, 15) is 9.59 Å². The number of rotatable bonds is 8. The van der Waals surface area contributed by atoms with Crippen molar-refractivity contribution in [3.8, 4) is 0 Å². The standard InChI is InChI=1S/C22H35N3O2/c1-5-17(4)21(26)24-18-11-14-25(15-12-18)20-9-7-6-8-19(20)22(27)23-13-10-16(2)3/h6-9,16-18H,5,10-15H2,1-4H3,(H,23,27)(H,24,26)/t17-/m0/s1. The second-order valence-electron chi connectivity index (χ2n) is 8.03. The van der Waals surface area contributed by atoms with Crippen molar-refractivity contribution in [2.24, 2.45) is 11.8 Å². The fourth-order valence-electron chi connectivity index (χ4n) is 3.30. The Labute approximate surface area is 163 Å². The highest BCUT2D eigenvalue weighted by molar-refractivity contribution is 5.99. The fraction of sp³-hybridized carbons (Fsp3) is 0.636. The van der Waals surface area contributed by atoms with Crippen LogP contribution in [0.4, 0.5) is 5.69 Å². The van der Waals surface area contributed by atoms with Gasteiger partial charge in [-0.3, -0.25) is 9.59 Å². The first-order valence-corrected chi connectivity index (χ1v) is 10.3. The van der Waals surface area contributed by atoms with Crippen molar-refractivity contribution in [3.05, 3.63) is 29.8 Å². The molecule has 1 saturated heterocycles. The Morgan fingerprint density at radius 1 is 1.15 bits per heavy atom. The molecule has 1 aliphatic heterocycles. The van der Waals surface area contributed by atoms with E-state index in [0.29, 0.717) is 12.5 Å². The third-order valence-electron chi connectivity index (χ3n) is 5.40. The third kappa shape index (κ3) is 6.26. The van der Waals surface area contributed by atoms with Crippen LogP contribution in [0, 0.1) is 11.8 Å². The van der Waals surface area contributed by atoms with E-state index in [1.54, 1.807) is 0 Å². The smallest absolute Gasteiger partial charge is 0.253 e. The molecular formula is C22H35N3O2. The average molecular weight is 374 g/mol. The number of anilines is 1. The van der Waals surface area contributed by atoms with Gasteiger partial charge in [-0.05, 0) is 43.7 Å². The van der Waals surface area contributed by atoms with Crippen molar-refractivity contribution in [1.82, 2.24) is 10.6 Å². The monoisotopic (exact) mass is 373 g/mol. The first-order valence-electron chi connectivity index (χ1n) is 10.3. The molecule has 1 heterocycles. The normalized spacial score (nSPS) is 16.3. The molecule has 1 aromatic rings. The largest absolute Gasteiger partial charge is 0.371 e. The van der Waals surface area contributed by atoms with E-state index in [4.69, 9.17) is 0 Å². The molecule has 0 aliphatic carbocycles. The molecule has 5 nitrogen and oxygen atoms in total. The average Bonchev–Trinajstić information content (AvgIpc) is 2.67. The number of para-hydroxylation sites is 1. The van der Waals surface area contributed by atoms with Gasteiger partial charge in [0.15, 0.2) is 0 Å².